The van der Waals surface area contributed by atoms with Gasteiger partial charge in [-0.2, -0.15) is 8.78 Å². The number of nitrogens with one attached hydrogen (secondary N) is 1. The fourth-order valence-corrected chi connectivity index (χ4v) is 1.08. The highest BCUT2D eigenvalue weighted by molar-refractivity contribution is 5.77. The third kappa shape index (κ3) is 3.33. The van der Waals surface area contributed by atoms with Crippen molar-refractivity contribution >= 4 is 5.91 Å². The van der Waals surface area contributed by atoms with Gasteiger partial charge in [0.2, 0.25) is 11.6 Å². The molecule has 0 bridgehead atoms. The fraction of sp³-hybridized carbons (Fsp3) is 0.300. The van der Waals surface area contributed by atoms with E-state index in [1.165, 1.54) is 0 Å². The molecule has 100 valence electrons. The number of hydrogen-bond donors (Lipinski definition) is 2. The lowest BCUT2D eigenvalue weighted by Gasteiger charge is -2.09. The maximum absolute atomic E-state index is 13.1. The Morgan fingerprint density at radius 2 is 1.78 bits per heavy atom. The van der Waals surface area contributed by atoms with Crippen molar-refractivity contribution in [3.8, 4) is 5.75 Å². The van der Waals surface area contributed by atoms with E-state index in [4.69, 9.17) is 5.73 Å². The maximum atomic E-state index is 13.1. The van der Waals surface area contributed by atoms with Crippen LogP contribution < -0.4 is 15.8 Å². The van der Waals surface area contributed by atoms with Gasteiger partial charge in [-0.25, -0.2) is 8.78 Å². The third-order valence-electron chi connectivity index (χ3n) is 1.89. The number of benzene rings is 1. The molecule has 0 radical (unpaired) electrons. The Labute approximate surface area is 99.7 Å². The number of halogens is 4. The number of carbonyl (C=O) groups is 1. The number of rotatable bonds is 5. The Morgan fingerprint density at radius 1 is 1.22 bits per heavy atom. The lowest BCUT2D eigenvalue weighted by Crippen LogP contribution is -2.33. The molecule has 18 heavy (non-hydrogen) atoms. The van der Waals surface area contributed by atoms with Gasteiger partial charge in [-0.15, -0.1) is 0 Å². The minimum Gasteiger partial charge on any atom is -0.477 e. The van der Waals surface area contributed by atoms with Crippen molar-refractivity contribution in [3.05, 3.63) is 29.3 Å². The zero-order valence-corrected chi connectivity index (χ0v) is 9.10. The number of nitrogens with two attached hydrogens (primary N) is 1. The van der Waals surface area contributed by atoms with E-state index in [1.54, 1.807) is 0 Å². The summed E-state index contributed by atoms with van der Waals surface area (Å²) >= 11 is 0. The minimum atomic E-state index is -1.69. The van der Waals surface area contributed by atoms with Crippen molar-refractivity contribution in [3.63, 3.8) is 0 Å². The molecular weight excluding hydrogens is 256 g/mol. The van der Waals surface area contributed by atoms with Gasteiger partial charge in [-0.05, 0) is 0 Å². The molecule has 0 unspecified atom stereocenters. The first-order valence-electron chi connectivity index (χ1n) is 4.90. The Balaban J connectivity index is 2.76. The second kappa shape index (κ2) is 6.20. The van der Waals surface area contributed by atoms with Gasteiger partial charge in [0.25, 0.3) is 5.91 Å². The molecule has 0 saturated heterocycles. The van der Waals surface area contributed by atoms with Crippen LogP contribution in [0.1, 0.15) is 0 Å². The molecule has 0 saturated carbocycles. The number of ether oxygens (including phenoxy) is 1. The molecule has 4 nitrogen and oxygen atoms in total. The normalized spacial score (nSPS) is 10.3. The average molecular weight is 266 g/mol. The smallest absolute Gasteiger partial charge is 0.257 e. The third-order valence-corrected chi connectivity index (χ3v) is 1.89. The predicted molar refractivity (Wildman–Crippen MR) is 53.8 cm³/mol. The maximum Gasteiger partial charge on any atom is 0.257 e. The van der Waals surface area contributed by atoms with Crippen molar-refractivity contribution < 1.29 is 27.1 Å². The van der Waals surface area contributed by atoms with Crippen LogP contribution in [0.5, 0.6) is 5.75 Å². The molecule has 1 amide bonds. The molecule has 0 atom stereocenters. The van der Waals surface area contributed by atoms with E-state index in [-0.39, 0.29) is 19.2 Å². The summed E-state index contributed by atoms with van der Waals surface area (Å²) in [6, 6.07) is 0.0476. The van der Waals surface area contributed by atoms with E-state index >= 15 is 0 Å². The van der Waals surface area contributed by atoms with Crippen LogP contribution in [0.3, 0.4) is 0 Å². The summed E-state index contributed by atoms with van der Waals surface area (Å²) in [5.74, 6) is -8.59. The number of carbonyl (C=O) groups excluding carboxylic acids is 1. The van der Waals surface area contributed by atoms with Crippen molar-refractivity contribution in [1.29, 1.82) is 0 Å². The van der Waals surface area contributed by atoms with Crippen molar-refractivity contribution in [1.82, 2.24) is 5.32 Å². The molecule has 0 aliphatic heterocycles. The summed E-state index contributed by atoms with van der Waals surface area (Å²) in [7, 11) is 0. The Kier molecular flexibility index (Phi) is 4.90. The number of amides is 1. The van der Waals surface area contributed by atoms with Crippen LogP contribution in [-0.4, -0.2) is 25.6 Å². The summed E-state index contributed by atoms with van der Waals surface area (Å²) in [6.45, 7) is -0.468. The molecule has 0 fully saturated rings. The molecule has 1 aromatic rings. The second-order valence-electron chi connectivity index (χ2n) is 3.22. The number of hydrogen-bond acceptors (Lipinski definition) is 3. The molecule has 8 heteroatoms. The highest BCUT2D eigenvalue weighted by atomic mass is 19.2. The van der Waals surface area contributed by atoms with E-state index in [1.807, 2.05) is 0 Å². The minimum absolute atomic E-state index is 0.0476. The van der Waals surface area contributed by atoms with Crippen LogP contribution in [0, 0.1) is 23.3 Å². The van der Waals surface area contributed by atoms with Gasteiger partial charge in [0, 0.05) is 19.2 Å². The molecule has 0 aliphatic rings. The standard InChI is InChI=1S/C10H10F4N2O2/c11-5-3-6(12)9(14)10(8(5)13)18-4-7(17)16-2-1-15/h3H,1-2,4,15H2,(H,16,17). The van der Waals surface area contributed by atoms with Crippen LogP contribution in [-0.2, 0) is 4.79 Å². The molecule has 0 spiro atoms. The first kappa shape index (κ1) is 14.2. The van der Waals surface area contributed by atoms with Crippen LogP contribution in [0.2, 0.25) is 0 Å². The molecule has 0 aliphatic carbocycles. The SMILES string of the molecule is NCCNC(=O)COc1c(F)c(F)cc(F)c1F. The quantitative estimate of drug-likeness (QED) is 0.609. The summed E-state index contributed by atoms with van der Waals surface area (Å²) in [4.78, 5) is 11.0. The zero-order chi connectivity index (χ0) is 13.7. The lowest BCUT2D eigenvalue weighted by molar-refractivity contribution is -0.123. The fourth-order valence-electron chi connectivity index (χ4n) is 1.08. The molecule has 1 rings (SSSR count). The topological polar surface area (TPSA) is 64.3 Å². The summed E-state index contributed by atoms with van der Waals surface area (Å²) in [5.41, 5.74) is 5.10. The highest BCUT2D eigenvalue weighted by Gasteiger charge is 2.21. The van der Waals surface area contributed by atoms with Crippen LogP contribution in [0.25, 0.3) is 0 Å². The van der Waals surface area contributed by atoms with Gasteiger partial charge < -0.3 is 15.8 Å². The first-order valence-corrected chi connectivity index (χ1v) is 4.90. The van der Waals surface area contributed by atoms with Crippen LogP contribution >= 0.6 is 0 Å². The van der Waals surface area contributed by atoms with Gasteiger partial charge in [-0.1, -0.05) is 0 Å². The monoisotopic (exact) mass is 266 g/mol. The van der Waals surface area contributed by atoms with Gasteiger partial charge in [-0.3, -0.25) is 4.79 Å². The highest BCUT2D eigenvalue weighted by Crippen LogP contribution is 2.26. The van der Waals surface area contributed by atoms with Gasteiger partial charge in [0.1, 0.15) is 0 Å². The summed E-state index contributed by atoms with van der Waals surface area (Å²) < 4.78 is 56.1. The summed E-state index contributed by atoms with van der Waals surface area (Å²) in [6.07, 6.45) is 0. The van der Waals surface area contributed by atoms with E-state index in [9.17, 15) is 22.4 Å². The van der Waals surface area contributed by atoms with Crippen LogP contribution in [0.15, 0.2) is 6.07 Å². The van der Waals surface area contributed by atoms with E-state index in [0.717, 1.165) is 0 Å². The molecule has 1 aromatic carbocycles. The summed E-state index contributed by atoms with van der Waals surface area (Å²) in [5, 5.41) is 2.25. The van der Waals surface area contributed by atoms with Crippen molar-refractivity contribution in [2.24, 2.45) is 5.73 Å². The van der Waals surface area contributed by atoms with Gasteiger partial charge in [0.05, 0.1) is 0 Å². The molecule has 3 N–H and O–H groups in total. The first-order chi connectivity index (χ1) is 8.47. The zero-order valence-electron chi connectivity index (χ0n) is 9.10. The molecule has 0 heterocycles. The largest absolute Gasteiger partial charge is 0.477 e. The molecule has 0 aromatic heterocycles. The Morgan fingerprint density at radius 3 is 2.28 bits per heavy atom. The average Bonchev–Trinajstić information content (AvgIpc) is 2.34. The lowest BCUT2D eigenvalue weighted by atomic mass is 10.3. The van der Waals surface area contributed by atoms with E-state index < -0.39 is 41.5 Å². The van der Waals surface area contributed by atoms with E-state index in [0.29, 0.717) is 0 Å². The Hall–Kier alpha value is -1.83. The van der Waals surface area contributed by atoms with Crippen LogP contribution in [0.4, 0.5) is 17.6 Å². The van der Waals surface area contributed by atoms with Crippen molar-refractivity contribution in [2.45, 2.75) is 0 Å². The van der Waals surface area contributed by atoms with Gasteiger partial charge in [0.15, 0.2) is 24.0 Å². The van der Waals surface area contributed by atoms with Gasteiger partial charge >= 0.3 is 0 Å². The second-order valence-corrected chi connectivity index (χ2v) is 3.22. The van der Waals surface area contributed by atoms with E-state index in [2.05, 4.69) is 10.1 Å². The predicted octanol–water partition coefficient (Wildman–Crippen LogP) is 0.697. The van der Waals surface area contributed by atoms with Crippen molar-refractivity contribution in [2.75, 3.05) is 19.7 Å². The Bertz CT molecular complexity index is 428. The molecular formula is C10H10F4N2O2.